The summed E-state index contributed by atoms with van der Waals surface area (Å²) in [5.74, 6) is -0.0270. The van der Waals surface area contributed by atoms with Crippen molar-refractivity contribution < 1.29 is 14.3 Å². The normalized spacial score (nSPS) is 17.5. The van der Waals surface area contributed by atoms with E-state index in [1.54, 1.807) is 23.1 Å². The maximum atomic E-state index is 12.0. The van der Waals surface area contributed by atoms with Gasteiger partial charge in [-0.05, 0) is 25.0 Å². The maximum absolute atomic E-state index is 12.0. The summed E-state index contributed by atoms with van der Waals surface area (Å²) in [6.07, 6.45) is 1.58. The van der Waals surface area contributed by atoms with E-state index in [1.165, 1.54) is 0 Å². The zero-order valence-corrected chi connectivity index (χ0v) is 13.6. The van der Waals surface area contributed by atoms with Gasteiger partial charge < -0.3 is 15.4 Å². The quantitative estimate of drug-likeness (QED) is 0.805. The van der Waals surface area contributed by atoms with Crippen molar-refractivity contribution in [3.05, 3.63) is 28.2 Å². The molecule has 0 bridgehead atoms. The van der Waals surface area contributed by atoms with Crippen molar-refractivity contribution in [2.75, 3.05) is 19.7 Å². The lowest BCUT2D eigenvalue weighted by atomic mass is 10.1. The minimum atomic E-state index is -0.339. The van der Waals surface area contributed by atoms with Crippen LogP contribution in [0.25, 0.3) is 0 Å². The van der Waals surface area contributed by atoms with Gasteiger partial charge in [-0.1, -0.05) is 29.3 Å². The van der Waals surface area contributed by atoms with Gasteiger partial charge in [-0.25, -0.2) is 0 Å². The van der Waals surface area contributed by atoms with Crippen molar-refractivity contribution in [3.8, 4) is 5.75 Å². The molecule has 1 aromatic rings. The van der Waals surface area contributed by atoms with Crippen LogP contribution in [0.4, 0.5) is 0 Å². The smallest absolute Gasteiger partial charge is 0.222 e. The van der Waals surface area contributed by atoms with Gasteiger partial charge in [0.1, 0.15) is 10.8 Å². The summed E-state index contributed by atoms with van der Waals surface area (Å²) in [6, 6.07) is 5.17. The van der Waals surface area contributed by atoms with Crippen molar-refractivity contribution in [2.24, 2.45) is 11.7 Å². The van der Waals surface area contributed by atoms with Crippen LogP contribution in [0.15, 0.2) is 18.2 Å². The average molecular weight is 345 g/mol. The van der Waals surface area contributed by atoms with Crippen LogP contribution < -0.4 is 10.5 Å². The number of carbonyl (C=O) groups is 2. The Morgan fingerprint density at radius 1 is 1.36 bits per heavy atom. The fourth-order valence-electron chi connectivity index (χ4n) is 2.38. The molecule has 120 valence electrons. The highest BCUT2D eigenvalue weighted by molar-refractivity contribution is 6.42. The number of primary amides is 1. The van der Waals surface area contributed by atoms with E-state index in [1.807, 2.05) is 0 Å². The summed E-state index contributed by atoms with van der Waals surface area (Å²) in [4.78, 5) is 24.8. The Kier molecular flexibility index (Phi) is 5.91. The molecule has 5 nitrogen and oxygen atoms in total. The van der Waals surface area contributed by atoms with Crippen molar-refractivity contribution in [3.63, 3.8) is 0 Å². The lowest BCUT2D eigenvalue weighted by Crippen LogP contribution is -2.31. The van der Waals surface area contributed by atoms with Gasteiger partial charge in [0.05, 0.1) is 17.5 Å². The van der Waals surface area contributed by atoms with E-state index in [4.69, 9.17) is 33.7 Å². The molecule has 0 radical (unpaired) electrons. The number of likely N-dealkylation sites (tertiary alicyclic amines) is 1. The Morgan fingerprint density at radius 3 is 2.82 bits per heavy atom. The molecule has 0 unspecified atom stereocenters. The van der Waals surface area contributed by atoms with E-state index in [9.17, 15) is 9.59 Å². The van der Waals surface area contributed by atoms with Crippen molar-refractivity contribution in [1.29, 1.82) is 0 Å². The van der Waals surface area contributed by atoms with E-state index in [0.717, 1.165) is 0 Å². The highest BCUT2D eigenvalue weighted by Gasteiger charge is 2.29. The molecule has 22 heavy (non-hydrogen) atoms. The fraction of sp³-hybridized carbons (Fsp3) is 0.467. The van der Waals surface area contributed by atoms with Crippen molar-refractivity contribution >= 4 is 35.0 Å². The Hall–Kier alpha value is -1.46. The van der Waals surface area contributed by atoms with E-state index < -0.39 is 0 Å². The molecule has 0 spiro atoms. The van der Waals surface area contributed by atoms with Gasteiger partial charge >= 0.3 is 0 Å². The van der Waals surface area contributed by atoms with Crippen LogP contribution in [-0.2, 0) is 9.59 Å². The lowest BCUT2D eigenvalue weighted by Gasteiger charge is -2.16. The molecule has 1 aromatic carbocycles. The molecule has 1 atom stereocenters. The van der Waals surface area contributed by atoms with Crippen molar-refractivity contribution in [1.82, 2.24) is 4.90 Å². The van der Waals surface area contributed by atoms with Crippen LogP contribution in [0.1, 0.15) is 19.3 Å². The fourth-order valence-corrected chi connectivity index (χ4v) is 2.72. The molecule has 7 heteroatoms. The number of nitrogens with two attached hydrogens (primary N) is 1. The molecule has 1 heterocycles. The summed E-state index contributed by atoms with van der Waals surface area (Å²) >= 11 is 11.9. The molecule has 1 saturated heterocycles. The van der Waals surface area contributed by atoms with E-state index in [2.05, 4.69) is 0 Å². The molecule has 1 aliphatic heterocycles. The number of hydrogen-bond donors (Lipinski definition) is 1. The minimum absolute atomic E-state index is 0.0181. The largest absolute Gasteiger partial charge is 0.492 e. The maximum Gasteiger partial charge on any atom is 0.222 e. The molecule has 1 aliphatic rings. The number of nitrogens with zero attached hydrogens (tertiary/aromatic N) is 1. The molecular weight excluding hydrogens is 327 g/mol. The summed E-state index contributed by atoms with van der Waals surface area (Å²) in [6.45, 7) is 1.39. The third-order valence-corrected chi connectivity index (χ3v) is 4.45. The van der Waals surface area contributed by atoms with E-state index in [0.29, 0.717) is 54.8 Å². The second-order valence-corrected chi connectivity index (χ2v) is 6.02. The van der Waals surface area contributed by atoms with Crippen LogP contribution in [-0.4, -0.2) is 36.4 Å². The lowest BCUT2D eigenvalue weighted by molar-refractivity contribution is -0.130. The summed E-state index contributed by atoms with van der Waals surface area (Å²) < 4.78 is 5.53. The van der Waals surface area contributed by atoms with Gasteiger partial charge in [-0.3, -0.25) is 9.59 Å². The molecule has 2 N–H and O–H groups in total. The third kappa shape index (κ3) is 4.27. The van der Waals surface area contributed by atoms with Crippen LogP contribution in [0, 0.1) is 5.92 Å². The summed E-state index contributed by atoms with van der Waals surface area (Å²) in [7, 11) is 0. The zero-order chi connectivity index (χ0) is 16.1. The Bertz CT molecular complexity index is 566. The standard InChI is InChI=1S/C15H18Cl2N2O3/c16-11-3-1-4-12(14(11)17)22-8-2-5-13(20)19-7-6-10(9-19)15(18)21/h1,3-4,10H,2,5-9H2,(H2,18,21)/t10-/m0/s1. The number of rotatable bonds is 6. The first-order valence-electron chi connectivity index (χ1n) is 7.13. The van der Waals surface area contributed by atoms with Crippen LogP contribution in [0.3, 0.4) is 0 Å². The number of ether oxygens (including phenoxy) is 1. The molecule has 2 amide bonds. The number of benzene rings is 1. The first-order valence-corrected chi connectivity index (χ1v) is 7.88. The number of carbonyl (C=O) groups excluding carboxylic acids is 2. The first-order chi connectivity index (χ1) is 10.5. The molecule has 2 rings (SSSR count). The third-order valence-electron chi connectivity index (χ3n) is 3.65. The Labute approximate surface area is 139 Å². The predicted octanol–water partition coefficient (Wildman–Crippen LogP) is 2.49. The Morgan fingerprint density at radius 2 is 2.14 bits per heavy atom. The number of amides is 2. The molecular formula is C15H18Cl2N2O3. The van der Waals surface area contributed by atoms with E-state index in [-0.39, 0.29) is 17.7 Å². The summed E-state index contributed by atoms with van der Waals surface area (Å²) in [5, 5.41) is 0.809. The van der Waals surface area contributed by atoms with Crippen LogP contribution in [0.5, 0.6) is 5.75 Å². The van der Waals surface area contributed by atoms with Gasteiger partial charge in [0.15, 0.2) is 0 Å². The predicted molar refractivity (Wildman–Crippen MR) is 85.1 cm³/mol. The van der Waals surface area contributed by atoms with Crippen LogP contribution >= 0.6 is 23.2 Å². The van der Waals surface area contributed by atoms with Gasteiger partial charge in [0.2, 0.25) is 11.8 Å². The van der Waals surface area contributed by atoms with E-state index >= 15 is 0 Å². The van der Waals surface area contributed by atoms with Gasteiger partial charge in [0.25, 0.3) is 0 Å². The minimum Gasteiger partial charge on any atom is -0.492 e. The van der Waals surface area contributed by atoms with Gasteiger partial charge in [-0.15, -0.1) is 0 Å². The number of hydrogen-bond acceptors (Lipinski definition) is 3. The molecule has 0 saturated carbocycles. The topological polar surface area (TPSA) is 72.6 Å². The zero-order valence-electron chi connectivity index (χ0n) is 12.1. The average Bonchev–Trinajstić information content (AvgIpc) is 2.97. The highest BCUT2D eigenvalue weighted by atomic mass is 35.5. The van der Waals surface area contributed by atoms with Gasteiger partial charge in [0, 0.05) is 19.5 Å². The molecule has 0 aromatic heterocycles. The second kappa shape index (κ2) is 7.70. The number of halogens is 2. The second-order valence-electron chi connectivity index (χ2n) is 5.23. The Balaban J connectivity index is 1.72. The monoisotopic (exact) mass is 344 g/mol. The molecule has 0 aliphatic carbocycles. The summed E-state index contributed by atoms with van der Waals surface area (Å²) in [5.41, 5.74) is 5.25. The van der Waals surface area contributed by atoms with Crippen LogP contribution in [0.2, 0.25) is 10.0 Å². The first kappa shape index (κ1) is 16.9. The van der Waals surface area contributed by atoms with Crippen molar-refractivity contribution in [2.45, 2.75) is 19.3 Å². The SMILES string of the molecule is NC(=O)[C@H]1CCN(C(=O)CCCOc2cccc(Cl)c2Cl)C1. The molecule has 1 fully saturated rings. The highest BCUT2D eigenvalue weighted by Crippen LogP contribution is 2.31. The van der Waals surface area contributed by atoms with Gasteiger partial charge in [-0.2, -0.15) is 0 Å².